The zero-order valence-corrected chi connectivity index (χ0v) is 9.66. The van der Waals surface area contributed by atoms with E-state index in [0.29, 0.717) is 6.54 Å². The summed E-state index contributed by atoms with van der Waals surface area (Å²) in [6, 6.07) is -0.230. The van der Waals surface area contributed by atoms with Crippen molar-refractivity contribution in [3.8, 4) is 0 Å². The topological polar surface area (TPSA) is 61.4 Å². The van der Waals surface area contributed by atoms with Crippen molar-refractivity contribution in [1.82, 2.24) is 15.5 Å². The highest BCUT2D eigenvalue weighted by molar-refractivity contribution is 5.86. The smallest absolute Gasteiger partial charge is 0.241 e. The van der Waals surface area contributed by atoms with E-state index in [-0.39, 0.29) is 24.4 Å². The summed E-state index contributed by atoms with van der Waals surface area (Å²) in [4.78, 5) is 24.9. The van der Waals surface area contributed by atoms with E-state index in [1.807, 2.05) is 4.90 Å². The highest BCUT2D eigenvalue weighted by atomic mass is 16.2. The summed E-state index contributed by atoms with van der Waals surface area (Å²) in [5.74, 6) is 0.825. The predicted octanol–water partition coefficient (Wildman–Crippen LogP) is -0.667. The molecule has 2 heterocycles. The maximum Gasteiger partial charge on any atom is 0.241 e. The molecule has 2 amide bonds. The van der Waals surface area contributed by atoms with Gasteiger partial charge >= 0.3 is 0 Å². The minimum atomic E-state index is -0.230. The standard InChI is InChI=1S/C11H19N3O2/c1-8-2-4-14(5-3-8)11(16)9-6-13-10(15)7-12-9/h8-9,12H,2-7H2,1H3,(H,13,15). The van der Waals surface area contributed by atoms with Gasteiger partial charge in [-0.2, -0.15) is 0 Å². The Morgan fingerprint density at radius 2 is 2.06 bits per heavy atom. The lowest BCUT2D eigenvalue weighted by Gasteiger charge is -2.34. The Bertz CT molecular complexity index is 275. The summed E-state index contributed by atoms with van der Waals surface area (Å²) in [7, 11) is 0. The van der Waals surface area contributed by atoms with E-state index in [2.05, 4.69) is 17.6 Å². The fourth-order valence-electron chi connectivity index (χ4n) is 2.19. The third kappa shape index (κ3) is 2.52. The van der Waals surface area contributed by atoms with E-state index in [1.54, 1.807) is 0 Å². The van der Waals surface area contributed by atoms with Gasteiger partial charge < -0.3 is 10.2 Å². The molecule has 2 rings (SSSR count). The molecule has 1 unspecified atom stereocenters. The summed E-state index contributed by atoms with van der Waals surface area (Å²) in [5.41, 5.74) is 0. The summed E-state index contributed by atoms with van der Waals surface area (Å²) >= 11 is 0. The van der Waals surface area contributed by atoms with Gasteiger partial charge in [-0.1, -0.05) is 6.92 Å². The van der Waals surface area contributed by atoms with Crippen LogP contribution in [-0.4, -0.2) is 48.9 Å². The SMILES string of the molecule is CC1CCN(C(=O)C2CNC(=O)CN2)CC1. The summed E-state index contributed by atoms with van der Waals surface area (Å²) in [5, 5.41) is 5.69. The molecule has 0 aliphatic carbocycles. The number of likely N-dealkylation sites (tertiary alicyclic amines) is 1. The molecule has 5 nitrogen and oxygen atoms in total. The largest absolute Gasteiger partial charge is 0.353 e. The molecule has 16 heavy (non-hydrogen) atoms. The number of hydrogen-bond acceptors (Lipinski definition) is 3. The van der Waals surface area contributed by atoms with Crippen LogP contribution in [0.1, 0.15) is 19.8 Å². The number of carbonyl (C=O) groups excluding carboxylic acids is 2. The molecule has 5 heteroatoms. The van der Waals surface area contributed by atoms with Crippen LogP contribution in [0.5, 0.6) is 0 Å². The van der Waals surface area contributed by atoms with Crippen molar-refractivity contribution < 1.29 is 9.59 Å². The summed E-state index contributed by atoms with van der Waals surface area (Å²) in [6.07, 6.45) is 2.18. The first-order valence-electron chi connectivity index (χ1n) is 5.95. The Labute approximate surface area is 95.6 Å². The molecule has 0 aromatic carbocycles. The third-order valence-electron chi connectivity index (χ3n) is 3.41. The molecule has 2 aliphatic heterocycles. The highest BCUT2D eigenvalue weighted by Crippen LogP contribution is 2.16. The predicted molar refractivity (Wildman–Crippen MR) is 59.8 cm³/mol. The molecule has 2 fully saturated rings. The first-order valence-corrected chi connectivity index (χ1v) is 5.95. The van der Waals surface area contributed by atoms with Gasteiger partial charge in [0.25, 0.3) is 0 Å². The van der Waals surface area contributed by atoms with Crippen LogP contribution in [-0.2, 0) is 9.59 Å². The van der Waals surface area contributed by atoms with Crippen LogP contribution < -0.4 is 10.6 Å². The number of carbonyl (C=O) groups is 2. The minimum absolute atomic E-state index is 0.0312. The van der Waals surface area contributed by atoms with Gasteiger partial charge in [-0.25, -0.2) is 0 Å². The Balaban J connectivity index is 1.85. The van der Waals surface area contributed by atoms with Gasteiger partial charge in [0, 0.05) is 19.6 Å². The summed E-state index contributed by atoms with van der Waals surface area (Å²) < 4.78 is 0. The molecular weight excluding hydrogens is 206 g/mol. The van der Waals surface area contributed by atoms with Crippen molar-refractivity contribution in [2.45, 2.75) is 25.8 Å². The second-order valence-corrected chi connectivity index (χ2v) is 4.75. The lowest BCUT2D eigenvalue weighted by molar-refractivity contribution is -0.136. The van der Waals surface area contributed by atoms with Crippen molar-refractivity contribution >= 4 is 11.8 Å². The number of amides is 2. The molecule has 0 aromatic heterocycles. The van der Waals surface area contributed by atoms with Crippen LogP contribution in [0.3, 0.4) is 0 Å². The molecule has 90 valence electrons. The third-order valence-corrected chi connectivity index (χ3v) is 3.41. The van der Waals surface area contributed by atoms with Gasteiger partial charge in [0.1, 0.15) is 6.04 Å². The van der Waals surface area contributed by atoms with E-state index < -0.39 is 0 Å². The van der Waals surface area contributed by atoms with Crippen molar-refractivity contribution in [2.75, 3.05) is 26.2 Å². The van der Waals surface area contributed by atoms with Crippen LogP contribution >= 0.6 is 0 Å². The number of hydrogen-bond donors (Lipinski definition) is 2. The van der Waals surface area contributed by atoms with Gasteiger partial charge in [-0.05, 0) is 18.8 Å². The molecule has 2 aliphatic rings. The molecule has 0 bridgehead atoms. The fourth-order valence-corrected chi connectivity index (χ4v) is 2.19. The average molecular weight is 225 g/mol. The zero-order chi connectivity index (χ0) is 11.5. The van der Waals surface area contributed by atoms with Crippen LogP contribution in [0.2, 0.25) is 0 Å². The number of piperazine rings is 1. The first-order chi connectivity index (χ1) is 7.66. The second-order valence-electron chi connectivity index (χ2n) is 4.75. The van der Waals surface area contributed by atoms with E-state index >= 15 is 0 Å². The van der Waals surface area contributed by atoms with Gasteiger partial charge in [0.15, 0.2) is 0 Å². The number of nitrogens with one attached hydrogen (secondary N) is 2. The van der Waals surface area contributed by atoms with E-state index in [0.717, 1.165) is 31.8 Å². The Morgan fingerprint density at radius 3 is 2.62 bits per heavy atom. The first kappa shape index (κ1) is 11.4. The van der Waals surface area contributed by atoms with Crippen molar-refractivity contribution in [3.63, 3.8) is 0 Å². The monoisotopic (exact) mass is 225 g/mol. The van der Waals surface area contributed by atoms with E-state index in [4.69, 9.17) is 0 Å². The quantitative estimate of drug-likeness (QED) is 0.622. The van der Waals surface area contributed by atoms with Crippen LogP contribution in [0.15, 0.2) is 0 Å². The molecule has 0 saturated carbocycles. The number of nitrogens with zero attached hydrogens (tertiary/aromatic N) is 1. The fraction of sp³-hybridized carbons (Fsp3) is 0.818. The molecule has 2 saturated heterocycles. The van der Waals surface area contributed by atoms with Gasteiger partial charge in [0.2, 0.25) is 11.8 Å². The molecule has 0 aromatic rings. The maximum atomic E-state index is 12.1. The van der Waals surface area contributed by atoms with Crippen molar-refractivity contribution in [3.05, 3.63) is 0 Å². The second kappa shape index (κ2) is 4.82. The van der Waals surface area contributed by atoms with Gasteiger partial charge in [-0.3, -0.25) is 14.9 Å². The zero-order valence-electron chi connectivity index (χ0n) is 9.66. The van der Waals surface area contributed by atoms with Crippen molar-refractivity contribution in [2.24, 2.45) is 5.92 Å². The highest BCUT2D eigenvalue weighted by Gasteiger charge is 2.29. The van der Waals surface area contributed by atoms with Crippen LogP contribution in [0, 0.1) is 5.92 Å². The lowest BCUT2D eigenvalue weighted by atomic mass is 9.98. The van der Waals surface area contributed by atoms with Crippen LogP contribution in [0.4, 0.5) is 0 Å². The van der Waals surface area contributed by atoms with E-state index in [9.17, 15) is 9.59 Å². The molecular formula is C11H19N3O2. The van der Waals surface area contributed by atoms with E-state index in [1.165, 1.54) is 0 Å². The lowest BCUT2D eigenvalue weighted by Crippen LogP contribution is -2.59. The Morgan fingerprint density at radius 1 is 1.38 bits per heavy atom. The Kier molecular flexibility index (Phi) is 3.43. The summed E-state index contributed by atoms with van der Waals surface area (Å²) in [6.45, 7) is 4.60. The molecule has 1 atom stereocenters. The van der Waals surface area contributed by atoms with Crippen molar-refractivity contribution in [1.29, 1.82) is 0 Å². The Hall–Kier alpha value is -1.10. The van der Waals surface area contributed by atoms with Gasteiger partial charge in [-0.15, -0.1) is 0 Å². The number of rotatable bonds is 1. The van der Waals surface area contributed by atoms with Gasteiger partial charge in [0.05, 0.1) is 6.54 Å². The normalized spacial score (nSPS) is 27.7. The number of piperidine rings is 1. The average Bonchev–Trinajstić information content (AvgIpc) is 2.30. The van der Waals surface area contributed by atoms with Crippen LogP contribution in [0.25, 0.3) is 0 Å². The molecule has 2 N–H and O–H groups in total. The minimum Gasteiger partial charge on any atom is -0.353 e. The maximum absolute atomic E-state index is 12.1. The molecule has 0 radical (unpaired) electrons. The molecule has 0 spiro atoms.